The minimum absolute atomic E-state index is 0. The van der Waals surface area contributed by atoms with Crippen LogP contribution in [0.5, 0.6) is 0 Å². The zero-order valence-electron chi connectivity index (χ0n) is 13.2. The van der Waals surface area contributed by atoms with Crippen molar-refractivity contribution in [1.29, 1.82) is 0 Å². The molecule has 18 heavy (non-hydrogen) atoms. The Morgan fingerprint density at radius 1 is 1.17 bits per heavy atom. The fraction of sp³-hybridized carbons (Fsp3) is 0.714. The van der Waals surface area contributed by atoms with Gasteiger partial charge in [0.1, 0.15) is 0 Å². The van der Waals surface area contributed by atoms with Crippen molar-refractivity contribution in [2.24, 2.45) is 5.92 Å². The molecule has 4 heteroatoms. The normalized spacial score (nSPS) is 10.4. The van der Waals surface area contributed by atoms with Gasteiger partial charge in [0.15, 0.2) is 0 Å². The largest absolute Gasteiger partial charge is 3.00 e. The van der Waals surface area contributed by atoms with E-state index in [2.05, 4.69) is 13.8 Å². The van der Waals surface area contributed by atoms with Crippen molar-refractivity contribution >= 4 is 5.78 Å². The summed E-state index contributed by atoms with van der Waals surface area (Å²) in [5, 5.41) is 0. The first kappa shape index (κ1) is 28.1. The van der Waals surface area contributed by atoms with Gasteiger partial charge in [-0.25, -0.2) is 0 Å². The third-order valence-corrected chi connectivity index (χ3v) is 2.43. The van der Waals surface area contributed by atoms with Gasteiger partial charge in [-0.1, -0.05) is 13.8 Å². The molecule has 0 N–H and O–H groups in total. The summed E-state index contributed by atoms with van der Waals surface area (Å²) in [7, 11) is 1.88. The van der Waals surface area contributed by atoms with E-state index in [0.29, 0.717) is 0 Å². The Morgan fingerprint density at radius 3 is 1.61 bits per heavy atom. The SMILES string of the molecule is C[CH-]C.[CH2-]C([CH2-])(C(=O)C(C)C)N(C)C(C)C.[Y+3].[Y]. The molecule has 0 aliphatic rings. The maximum atomic E-state index is 11.7. The molecule has 0 rings (SSSR count). The molecule has 1 radical (unpaired) electrons. The molecule has 0 saturated carbocycles. The summed E-state index contributed by atoms with van der Waals surface area (Å²) in [5.41, 5.74) is -0.845. The van der Waals surface area contributed by atoms with Crippen LogP contribution in [0.15, 0.2) is 0 Å². The smallest absolute Gasteiger partial charge is 0.349 e. The summed E-state index contributed by atoms with van der Waals surface area (Å²) in [4.78, 5) is 13.6. The summed E-state index contributed by atoms with van der Waals surface area (Å²) < 4.78 is 0. The number of Topliss-reactive ketones (excluding diaryl/α,β-unsaturated/α-hetero) is 1. The Bertz CT molecular complexity index is 204. The topological polar surface area (TPSA) is 20.3 Å². The van der Waals surface area contributed by atoms with E-state index in [1.165, 1.54) is 0 Å². The number of likely N-dealkylation sites (N-methyl/N-ethyl adjacent to an activating group) is 1. The van der Waals surface area contributed by atoms with Crippen LogP contribution in [0.25, 0.3) is 0 Å². The average molecular weight is 404 g/mol. The van der Waals surface area contributed by atoms with Gasteiger partial charge in [-0.05, 0) is 26.9 Å². The fourth-order valence-corrected chi connectivity index (χ4v) is 1.21. The Labute approximate surface area is 165 Å². The van der Waals surface area contributed by atoms with Gasteiger partial charge >= 0.3 is 32.7 Å². The van der Waals surface area contributed by atoms with Crippen molar-refractivity contribution in [1.82, 2.24) is 4.90 Å². The zero-order chi connectivity index (χ0) is 13.5. The number of nitrogens with zero attached hydrogens (tertiary/aromatic N) is 1. The van der Waals surface area contributed by atoms with E-state index in [1.54, 1.807) is 0 Å². The van der Waals surface area contributed by atoms with Crippen LogP contribution in [0.1, 0.15) is 41.5 Å². The van der Waals surface area contributed by atoms with Crippen LogP contribution in [-0.2, 0) is 70.2 Å². The Kier molecular flexibility index (Phi) is 21.5. The number of carbonyl (C=O) groups is 1. The Balaban J connectivity index is -0.000000177. The standard InChI is InChI=1S/C11H21NO.C3H7.2Y/c1-8(2)10(13)11(5,6)12(7)9(3)4;1-3-2;;/h8-9H,5-6H2,1-4,7H3;3H,1-2H3;;/q-2;-1;;+3. The molecule has 0 aromatic rings. The van der Waals surface area contributed by atoms with Gasteiger partial charge < -0.3 is 30.0 Å². The van der Waals surface area contributed by atoms with Crippen molar-refractivity contribution in [2.75, 3.05) is 7.05 Å². The van der Waals surface area contributed by atoms with Gasteiger partial charge in [0, 0.05) is 38.6 Å². The number of hydrogen-bond acceptors (Lipinski definition) is 2. The molecule has 0 aliphatic carbocycles. The van der Waals surface area contributed by atoms with Crippen LogP contribution in [0.2, 0.25) is 0 Å². The second-order valence-corrected chi connectivity index (χ2v) is 4.83. The van der Waals surface area contributed by atoms with Crippen LogP contribution in [-0.4, -0.2) is 29.3 Å². The van der Waals surface area contributed by atoms with Gasteiger partial charge in [0.25, 0.3) is 0 Å². The molecule has 0 aromatic heterocycles. The second kappa shape index (κ2) is 13.8. The van der Waals surface area contributed by atoms with Gasteiger partial charge in [-0.3, -0.25) is 0 Å². The number of carbonyl (C=O) groups excluding carboxylic acids is 1. The average Bonchev–Trinajstić information content (AvgIpc) is 2.16. The molecule has 2 nitrogen and oxygen atoms in total. The molecular weight excluding hydrogens is 376 g/mol. The maximum absolute atomic E-state index is 11.7. The quantitative estimate of drug-likeness (QED) is 0.671. The van der Waals surface area contributed by atoms with Crippen LogP contribution in [0.4, 0.5) is 0 Å². The van der Waals surface area contributed by atoms with Gasteiger partial charge in [-0.15, -0.1) is 0 Å². The number of hydrogen-bond donors (Lipinski definition) is 0. The zero-order valence-corrected chi connectivity index (χ0v) is 18.8. The van der Waals surface area contributed by atoms with E-state index < -0.39 is 5.54 Å². The van der Waals surface area contributed by atoms with Crippen LogP contribution in [0.3, 0.4) is 0 Å². The molecular formula is C14H28NOY2. The molecule has 0 saturated heterocycles. The minimum Gasteiger partial charge on any atom is -0.349 e. The molecule has 0 bridgehead atoms. The van der Waals surface area contributed by atoms with Crippen molar-refractivity contribution in [3.63, 3.8) is 0 Å². The third-order valence-electron chi connectivity index (χ3n) is 2.43. The predicted octanol–water partition coefficient (Wildman–Crippen LogP) is 3.18. The van der Waals surface area contributed by atoms with Gasteiger partial charge in [0.2, 0.25) is 0 Å². The van der Waals surface area contributed by atoms with Crippen molar-refractivity contribution in [3.05, 3.63) is 20.3 Å². The van der Waals surface area contributed by atoms with E-state index in [4.69, 9.17) is 0 Å². The first-order chi connectivity index (χ1) is 7.12. The van der Waals surface area contributed by atoms with Gasteiger partial charge in [0.05, 0.1) is 5.78 Å². The predicted molar refractivity (Wildman–Crippen MR) is 71.8 cm³/mol. The van der Waals surface area contributed by atoms with Crippen LogP contribution in [0, 0.1) is 26.2 Å². The first-order valence-corrected chi connectivity index (χ1v) is 5.84. The molecule has 0 aliphatic heterocycles. The van der Waals surface area contributed by atoms with Crippen molar-refractivity contribution < 1.29 is 70.2 Å². The van der Waals surface area contributed by atoms with E-state index in [9.17, 15) is 4.79 Å². The molecule has 0 amide bonds. The van der Waals surface area contributed by atoms with E-state index in [0.717, 1.165) is 0 Å². The van der Waals surface area contributed by atoms with Crippen LogP contribution < -0.4 is 0 Å². The minimum atomic E-state index is -0.845. The van der Waals surface area contributed by atoms with Crippen molar-refractivity contribution in [3.8, 4) is 0 Å². The molecule has 0 fully saturated rings. The molecule has 0 atom stereocenters. The van der Waals surface area contributed by atoms with E-state index >= 15 is 0 Å². The first-order valence-electron chi connectivity index (χ1n) is 5.84. The van der Waals surface area contributed by atoms with Crippen LogP contribution >= 0.6 is 0 Å². The Morgan fingerprint density at radius 2 is 1.44 bits per heavy atom. The molecule has 0 heterocycles. The fourth-order valence-electron chi connectivity index (χ4n) is 1.21. The second-order valence-electron chi connectivity index (χ2n) is 4.83. The summed E-state index contributed by atoms with van der Waals surface area (Å²) in [6, 6.07) is 0.276. The van der Waals surface area contributed by atoms with E-state index in [1.807, 2.05) is 59.9 Å². The van der Waals surface area contributed by atoms with Crippen molar-refractivity contribution in [2.45, 2.75) is 53.1 Å². The summed E-state index contributed by atoms with van der Waals surface area (Å²) in [5.74, 6) is 0.0694. The number of ketones is 1. The monoisotopic (exact) mass is 404 g/mol. The summed E-state index contributed by atoms with van der Waals surface area (Å²) in [6.07, 6.45) is 2.00. The maximum Gasteiger partial charge on any atom is 3.00 e. The molecule has 101 valence electrons. The third kappa shape index (κ3) is 10.6. The molecule has 0 aromatic carbocycles. The summed E-state index contributed by atoms with van der Waals surface area (Å²) in [6.45, 7) is 19.6. The molecule has 0 unspecified atom stereocenters. The number of rotatable bonds is 4. The van der Waals surface area contributed by atoms with E-state index in [-0.39, 0.29) is 83.2 Å². The van der Waals surface area contributed by atoms with Gasteiger partial charge in [-0.2, -0.15) is 19.4 Å². The Hall–Kier alpha value is 1.84. The molecule has 0 spiro atoms. The summed E-state index contributed by atoms with van der Waals surface area (Å²) >= 11 is 0.